The van der Waals surface area contributed by atoms with Gasteiger partial charge in [0.1, 0.15) is 11.6 Å². The zero-order chi connectivity index (χ0) is 14.8. The summed E-state index contributed by atoms with van der Waals surface area (Å²) in [5.74, 6) is 0.0785. The Balaban J connectivity index is 2.03. The number of ketones is 1. The molecule has 3 rings (SSSR count). The monoisotopic (exact) mass is 284 g/mol. The van der Waals surface area contributed by atoms with E-state index < -0.39 is 0 Å². The molecule has 3 heteroatoms. The van der Waals surface area contributed by atoms with Crippen molar-refractivity contribution in [3.05, 3.63) is 65.0 Å². The minimum absolute atomic E-state index is 0.00949. The van der Waals surface area contributed by atoms with Gasteiger partial charge < -0.3 is 4.74 Å². The molecule has 2 aromatic rings. The first-order chi connectivity index (χ1) is 10.2. The van der Waals surface area contributed by atoms with E-state index in [1.807, 2.05) is 6.07 Å². The molecule has 0 fully saturated rings. The third kappa shape index (κ3) is 2.56. The van der Waals surface area contributed by atoms with Gasteiger partial charge in [-0.3, -0.25) is 4.79 Å². The molecular formula is C18H17FO2. The first kappa shape index (κ1) is 13.8. The molecule has 1 aliphatic carbocycles. The summed E-state index contributed by atoms with van der Waals surface area (Å²) >= 11 is 0. The van der Waals surface area contributed by atoms with Gasteiger partial charge in [-0.25, -0.2) is 4.39 Å². The molecule has 21 heavy (non-hydrogen) atoms. The van der Waals surface area contributed by atoms with Gasteiger partial charge >= 0.3 is 0 Å². The number of ether oxygens (including phenoxy) is 1. The lowest BCUT2D eigenvalue weighted by Gasteiger charge is -2.15. The van der Waals surface area contributed by atoms with Gasteiger partial charge in [0, 0.05) is 5.56 Å². The summed E-state index contributed by atoms with van der Waals surface area (Å²) in [7, 11) is 1.61. The molecule has 0 bridgehead atoms. The highest BCUT2D eigenvalue weighted by molar-refractivity contribution is 6.02. The quantitative estimate of drug-likeness (QED) is 0.775. The highest BCUT2D eigenvalue weighted by Gasteiger charge is 2.28. The maximum Gasteiger partial charge on any atom is 0.170 e. The largest absolute Gasteiger partial charge is 0.497 e. The smallest absolute Gasteiger partial charge is 0.170 e. The molecule has 1 atom stereocenters. The highest BCUT2D eigenvalue weighted by atomic mass is 19.1. The van der Waals surface area contributed by atoms with Crippen LogP contribution in [-0.2, 0) is 6.42 Å². The van der Waals surface area contributed by atoms with Crippen molar-refractivity contribution in [2.75, 3.05) is 7.11 Å². The van der Waals surface area contributed by atoms with Crippen molar-refractivity contribution >= 4 is 5.78 Å². The number of Topliss-reactive ketones (excluding diaryl/α,β-unsaturated/α-hetero) is 1. The molecule has 108 valence electrons. The number of rotatable bonds is 2. The molecule has 2 nitrogen and oxygen atoms in total. The Kier molecular flexibility index (Phi) is 3.74. The summed E-state index contributed by atoms with van der Waals surface area (Å²) in [6.45, 7) is 0. The second-order valence-electron chi connectivity index (χ2n) is 5.35. The number of fused-ring (bicyclic) bond motifs is 1. The Bertz CT molecular complexity index is 679. The molecule has 1 unspecified atom stereocenters. The molecular weight excluding hydrogens is 267 g/mol. The zero-order valence-corrected chi connectivity index (χ0v) is 11.9. The van der Waals surface area contributed by atoms with E-state index in [0.29, 0.717) is 17.5 Å². The summed E-state index contributed by atoms with van der Waals surface area (Å²) in [6.07, 6.45) is 2.37. The van der Waals surface area contributed by atoms with E-state index >= 15 is 0 Å². The summed E-state index contributed by atoms with van der Waals surface area (Å²) in [5, 5.41) is 0. The minimum Gasteiger partial charge on any atom is -0.497 e. The second kappa shape index (κ2) is 5.68. The maximum atomic E-state index is 14.0. The van der Waals surface area contributed by atoms with Crippen molar-refractivity contribution in [1.29, 1.82) is 0 Å². The van der Waals surface area contributed by atoms with E-state index in [0.717, 1.165) is 24.2 Å². The molecule has 0 aliphatic heterocycles. The van der Waals surface area contributed by atoms with Crippen LogP contribution in [0.5, 0.6) is 5.75 Å². The van der Waals surface area contributed by atoms with Crippen LogP contribution in [0.1, 0.15) is 40.2 Å². The molecule has 0 saturated heterocycles. The lowest BCUT2D eigenvalue weighted by atomic mass is 9.88. The number of benzene rings is 2. The molecule has 0 amide bonds. The second-order valence-corrected chi connectivity index (χ2v) is 5.35. The SMILES string of the molecule is COc1ccc2c(c1)CCCC(c1ccccc1F)C2=O. The van der Waals surface area contributed by atoms with Crippen LogP contribution >= 0.6 is 0 Å². The van der Waals surface area contributed by atoms with Gasteiger partial charge in [-0.05, 0) is 54.7 Å². The van der Waals surface area contributed by atoms with Crippen molar-refractivity contribution in [2.24, 2.45) is 0 Å². The Morgan fingerprint density at radius 1 is 1.19 bits per heavy atom. The number of carbonyl (C=O) groups is 1. The number of hydrogen-bond donors (Lipinski definition) is 0. The van der Waals surface area contributed by atoms with Crippen LogP contribution in [-0.4, -0.2) is 12.9 Å². The summed E-state index contributed by atoms with van der Waals surface area (Å²) < 4.78 is 19.2. The van der Waals surface area contributed by atoms with Gasteiger partial charge in [0.15, 0.2) is 5.78 Å². The topological polar surface area (TPSA) is 26.3 Å². The minimum atomic E-state index is -0.388. The van der Waals surface area contributed by atoms with E-state index in [9.17, 15) is 9.18 Å². The first-order valence-corrected chi connectivity index (χ1v) is 7.16. The molecule has 0 N–H and O–H groups in total. The summed E-state index contributed by atoms with van der Waals surface area (Å²) in [5.41, 5.74) is 2.20. The van der Waals surface area contributed by atoms with Crippen LogP contribution in [0, 0.1) is 5.82 Å². The Morgan fingerprint density at radius 2 is 2.00 bits per heavy atom. The molecule has 0 radical (unpaired) electrons. The third-order valence-corrected chi connectivity index (χ3v) is 4.11. The average molecular weight is 284 g/mol. The van der Waals surface area contributed by atoms with Crippen molar-refractivity contribution in [3.8, 4) is 5.75 Å². The van der Waals surface area contributed by atoms with Crippen LogP contribution in [0.15, 0.2) is 42.5 Å². The van der Waals surface area contributed by atoms with Crippen molar-refractivity contribution in [2.45, 2.75) is 25.2 Å². The van der Waals surface area contributed by atoms with Crippen LogP contribution in [0.4, 0.5) is 4.39 Å². The van der Waals surface area contributed by atoms with Gasteiger partial charge in [-0.1, -0.05) is 18.2 Å². The number of carbonyl (C=O) groups excluding carboxylic acids is 1. The van der Waals surface area contributed by atoms with Crippen LogP contribution in [0.25, 0.3) is 0 Å². The van der Waals surface area contributed by atoms with Crippen molar-refractivity contribution < 1.29 is 13.9 Å². The van der Waals surface area contributed by atoms with Crippen molar-refractivity contribution in [1.82, 2.24) is 0 Å². The number of aryl methyl sites for hydroxylation is 1. The molecule has 0 aromatic heterocycles. The number of hydrogen-bond acceptors (Lipinski definition) is 2. The van der Waals surface area contributed by atoms with Gasteiger partial charge in [0.2, 0.25) is 0 Å². The Labute approximate surface area is 123 Å². The fourth-order valence-electron chi connectivity index (χ4n) is 3.01. The van der Waals surface area contributed by atoms with Gasteiger partial charge in [0.05, 0.1) is 13.0 Å². The highest BCUT2D eigenvalue weighted by Crippen LogP contribution is 2.34. The average Bonchev–Trinajstić information content (AvgIpc) is 2.67. The van der Waals surface area contributed by atoms with Gasteiger partial charge in [0.25, 0.3) is 0 Å². The first-order valence-electron chi connectivity index (χ1n) is 7.16. The van der Waals surface area contributed by atoms with E-state index in [1.165, 1.54) is 6.07 Å². The number of methoxy groups -OCH3 is 1. The Hall–Kier alpha value is -2.16. The normalized spacial score (nSPS) is 18.0. The van der Waals surface area contributed by atoms with Gasteiger partial charge in [-0.2, -0.15) is 0 Å². The van der Waals surface area contributed by atoms with E-state index in [-0.39, 0.29) is 17.5 Å². The molecule has 0 heterocycles. The molecule has 0 saturated carbocycles. The van der Waals surface area contributed by atoms with Crippen molar-refractivity contribution in [3.63, 3.8) is 0 Å². The summed E-state index contributed by atoms with van der Waals surface area (Å²) in [6, 6.07) is 12.1. The lowest BCUT2D eigenvalue weighted by molar-refractivity contribution is 0.0955. The third-order valence-electron chi connectivity index (χ3n) is 4.11. The lowest BCUT2D eigenvalue weighted by Crippen LogP contribution is -2.13. The van der Waals surface area contributed by atoms with E-state index in [1.54, 1.807) is 37.4 Å². The fraction of sp³-hybridized carbons (Fsp3) is 0.278. The van der Waals surface area contributed by atoms with Crippen LogP contribution < -0.4 is 4.74 Å². The predicted molar refractivity (Wildman–Crippen MR) is 79.4 cm³/mol. The van der Waals surface area contributed by atoms with Crippen LogP contribution in [0.2, 0.25) is 0 Å². The molecule has 0 spiro atoms. The van der Waals surface area contributed by atoms with Gasteiger partial charge in [-0.15, -0.1) is 0 Å². The van der Waals surface area contributed by atoms with E-state index in [4.69, 9.17) is 4.74 Å². The molecule has 2 aromatic carbocycles. The predicted octanol–water partition coefficient (Wildman–Crippen LogP) is 4.14. The van der Waals surface area contributed by atoms with E-state index in [2.05, 4.69) is 0 Å². The maximum absolute atomic E-state index is 14.0. The molecule has 1 aliphatic rings. The standard InChI is InChI=1S/C18H17FO2/c1-21-13-9-10-14-12(11-13)5-4-7-16(18(14)20)15-6-2-3-8-17(15)19/h2-3,6,8-11,16H,4-5,7H2,1H3. The zero-order valence-electron chi connectivity index (χ0n) is 11.9. The fourth-order valence-corrected chi connectivity index (χ4v) is 3.01. The van der Waals surface area contributed by atoms with Crippen LogP contribution in [0.3, 0.4) is 0 Å². The Morgan fingerprint density at radius 3 is 2.76 bits per heavy atom. The summed E-state index contributed by atoms with van der Waals surface area (Å²) in [4.78, 5) is 12.8. The number of halogens is 1.